The zero-order valence-electron chi connectivity index (χ0n) is 14.0. The summed E-state index contributed by atoms with van der Waals surface area (Å²) in [6.45, 7) is 6.66. The molecule has 0 aromatic heterocycles. The molecule has 0 saturated carbocycles. The predicted molar refractivity (Wildman–Crippen MR) is 92.5 cm³/mol. The number of para-hydroxylation sites is 1. The maximum atomic E-state index is 12.3. The normalized spacial score (nSPS) is 16.6. The van der Waals surface area contributed by atoms with E-state index in [-0.39, 0.29) is 11.8 Å². The van der Waals surface area contributed by atoms with E-state index < -0.39 is 0 Å². The van der Waals surface area contributed by atoms with Crippen molar-refractivity contribution in [3.05, 3.63) is 29.8 Å². The molecule has 0 radical (unpaired) electrons. The minimum Gasteiger partial charge on any atom is -0.352 e. The molecule has 1 fully saturated rings. The highest BCUT2D eigenvalue weighted by Gasteiger charge is 2.22. The van der Waals surface area contributed by atoms with E-state index in [2.05, 4.69) is 22.9 Å². The fourth-order valence-electron chi connectivity index (χ4n) is 3.12. The van der Waals surface area contributed by atoms with Gasteiger partial charge in [0, 0.05) is 13.0 Å². The van der Waals surface area contributed by atoms with Gasteiger partial charge in [-0.15, -0.1) is 0 Å². The third-order valence-corrected chi connectivity index (χ3v) is 4.48. The van der Waals surface area contributed by atoms with E-state index >= 15 is 0 Å². The van der Waals surface area contributed by atoms with Gasteiger partial charge in [0.25, 0.3) is 5.91 Å². The molecule has 5 heteroatoms. The maximum absolute atomic E-state index is 12.3. The van der Waals surface area contributed by atoms with Gasteiger partial charge < -0.3 is 16.0 Å². The van der Waals surface area contributed by atoms with Gasteiger partial charge in [0.15, 0.2) is 0 Å². The first-order chi connectivity index (χ1) is 11.1. The van der Waals surface area contributed by atoms with Crippen LogP contribution >= 0.6 is 0 Å². The molecule has 0 spiro atoms. The number of anilines is 1. The highest BCUT2D eigenvalue weighted by molar-refractivity contribution is 6.03. The summed E-state index contributed by atoms with van der Waals surface area (Å²) in [7, 11) is 0. The van der Waals surface area contributed by atoms with Crippen molar-refractivity contribution >= 4 is 17.5 Å². The number of benzene rings is 1. The summed E-state index contributed by atoms with van der Waals surface area (Å²) in [6.07, 6.45) is 2.75. The quantitative estimate of drug-likeness (QED) is 0.754. The maximum Gasteiger partial charge on any atom is 0.253 e. The molecule has 1 unspecified atom stereocenters. The van der Waals surface area contributed by atoms with Gasteiger partial charge in [-0.25, -0.2) is 0 Å². The van der Waals surface area contributed by atoms with Gasteiger partial charge >= 0.3 is 0 Å². The number of rotatable bonds is 6. The van der Waals surface area contributed by atoms with Crippen LogP contribution in [0.2, 0.25) is 0 Å². The Labute approximate surface area is 138 Å². The SMILES string of the molecule is CCNC(=O)c1ccccc1NC(=O)CC(C)C1CCNCC1. The zero-order chi connectivity index (χ0) is 16.7. The summed E-state index contributed by atoms with van der Waals surface area (Å²) in [6, 6.07) is 7.14. The van der Waals surface area contributed by atoms with Crippen molar-refractivity contribution in [3.8, 4) is 0 Å². The van der Waals surface area contributed by atoms with E-state index in [1.165, 1.54) is 0 Å². The van der Waals surface area contributed by atoms with E-state index in [4.69, 9.17) is 0 Å². The van der Waals surface area contributed by atoms with Crippen molar-refractivity contribution in [2.24, 2.45) is 11.8 Å². The minimum atomic E-state index is -0.158. The molecule has 1 saturated heterocycles. The Morgan fingerprint density at radius 3 is 2.65 bits per heavy atom. The zero-order valence-corrected chi connectivity index (χ0v) is 14.0. The van der Waals surface area contributed by atoms with Crippen LogP contribution in [-0.4, -0.2) is 31.4 Å². The van der Waals surface area contributed by atoms with Gasteiger partial charge in [-0.1, -0.05) is 19.1 Å². The van der Waals surface area contributed by atoms with Crippen LogP contribution in [0.1, 0.15) is 43.5 Å². The molecule has 5 nitrogen and oxygen atoms in total. The fourth-order valence-corrected chi connectivity index (χ4v) is 3.12. The molecule has 126 valence electrons. The van der Waals surface area contributed by atoms with Crippen LogP contribution in [0.25, 0.3) is 0 Å². The molecule has 1 heterocycles. The largest absolute Gasteiger partial charge is 0.352 e. The monoisotopic (exact) mass is 317 g/mol. The molecule has 1 aromatic carbocycles. The summed E-state index contributed by atoms with van der Waals surface area (Å²) in [5.41, 5.74) is 1.10. The summed E-state index contributed by atoms with van der Waals surface area (Å²) in [4.78, 5) is 24.4. The first-order valence-corrected chi connectivity index (χ1v) is 8.49. The van der Waals surface area contributed by atoms with Crippen LogP contribution in [0.3, 0.4) is 0 Å². The Balaban J connectivity index is 1.95. The van der Waals surface area contributed by atoms with Crippen molar-refractivity contribution in [2.75, 3.05) is 25.0 Å². The Morgan fingerprint density at radius 1 is 1.26 bits per heavy atom. The molecule has 2 amide bonds. The fraction of sp³-hybridized carbons (Fsp3) is 0.556. The molecular weight excluding hydrogens is 290 g/mol. The van der Waals surface area contributed by atoms with Crippen molar-refractivity contribution in [3.63, 3.8) is 0 Å². The third kappa shape index (κ3) is 5.06. The molecule has 1 atom stereocenters. The lowest BCUT2D eigenvalue weighted by molar-refractivity contribution is -0.117. The Morgan fingerprint density at radius 2 is 1.96 bits per heavy atom. The van der Waals surface area contributed by atoms with Crippen LogP contribution in [-0.2, 0) is 4.79 Å². The van der Waals surface area contributed by atoms with Gasteiger partial charge in [0.1, 0.15) is 0 Å². The standard InChI is InChI=1S/C18H27N3O2/c1-3-20-18(23)15-6-4-5-7-16(15)21-17(22)12-13(2)14-8-10-19-11-9-14/h4-7,13-14,19H,3,8-12H2,1-2H3,(H,20,23)(H,21,22). The lowest BCUT2D eigenvalue weighted by atomic mass is 9.84. The Bertz CT molecular complexity index is 539. The summed E-state index contributed by atoms with van der Waals surface area (Å²) in [5.74, 6) is 0.775. The lowest BCUT2D eigenvalue weighted by Crippen LogP contribution is -2.32. The number of nitrogens with one attached hydrogen (secondary N) is 3. The summed E-state index contributed by atoms with van der Waals surface area (Å²) in [5, 5.41) is 9.02. The average Bonchev–Trinajstić information content (AvgIpc) is 2.56. The molecule has 1 aromatic rings. The predicted octanol–water partition coefficient (Wildman–Crippen LogP) is 2.40. The number of piperidine rings is 1. The molecule has 0 bridgehead atoms. The van der Waals surface area contributed by atoms with E-state index in [9.17, 15) is 9.59 Å². The number of hydrogen-bond donors (Lipinski definition) is 3. The van der Waals surface area contributed by atoms with E-state index in [1.54, 1.807) is 18.2 Å². The number of amides is 2. The van der Waals surface area contributed by atoms with Crippen molar-refractivity contribution < 1.29 is 9.59 Å². The van der Waals surface area contributed by atoms with E-state index in [0.29, 0.717) is 36.1 Å². The van der Waals surface area contributed by atoms with Crippen LogP contribution < -0.4 is 16.0 Å². The van der Waals surface area contributed by atoms with Gasteiger partial charge in [0.2, 0.25) is 5.91 Å². The first-order valence-electron chi connectivity index (χ1n) is 8.49. The summed E-state index contributed by atoms with van der Waals surface area (Å²) >= 11 is 0. The molecule has 1 aliphatic heterocycles. The van der Waals surface area contributed by atoms with E-state index in [1.807, 2.05) is 13.0 Å². The Hall–Kier alpha value is -1.88. The summed E-state index contributed by atoms with van der Waals surface area (Å²) < 4.78 is 0. The van der Waals surface area contributed by atoms with Crippen molar-refractivity contribution in [1.29, 1.82) is 0 Å². The highest BCUT2D eigenvalue weighted by Crippen LogP contribution is 2.25. The minimum absolute atomic E-state index is 0.0206. The van der Waals surface area contributed by atoms with Crippen molar-refractivity contribution in [2.45, 2.75) is 33.1 Å². The van der Waals surface area contributed by atoms with Crippen molar-refractivity contribution in [1.82, 2.24) is 10.6 Å². The average molecular weight is 317 g/mol. The lowest BCUT2D eigenvalue weighted by Gasteiger charge is -2.28. The number of carbonyl (C=O) groups excluding carboxylic acids is 2. The first kappa shape index (κ1) is 17.5. The molecular formula is C18H27N3O2. The number of carbonyl (C=O) groups is 2. The van der Waals surface area contributed by atoms with Gasteiger partial charge in [-0.05, 0) is 56.8 Å². The van der Waals surface area contributed by atoms with Crippen LogP contribution in [0.15, 0.2) is 24.3 Å². The molecule has 0 aliphatic carbocycles. The molecule has 1 aliphatic rings. The molecule has 2 rings (SSSR count). The molecule has 23 heavy (non-hydrogen) atoms. The second-order valence-electron chi connectivity index (χ2n) is 6.22. The smallest absolute Gasteiger partial charge is 0.253 e. The topological polar surface area (TPSA) is 70.2 Å². The number of hydrogen-bond acceptors (Lipinski definition) is 3. The van der Waals surface area contributed by atoms with Gasteiger partial charge in [-0.3, -0.25) is 9.59 Å². The van der Waals surface area contributed by atoms with Crippen LogP contribution in [0, 0.1) is 11.8 Å². The second kappa shape index (κ2) is 8.67. The van der Waals surface area contributed by atoms with Crippen LogP contribution in [0.5, 0.6) is 0 Å². The highest BCUT2D eigenvalue weighted by atomic mass is 16.2. The second-order valence-corrected chi connectivity index (χ2v) is 6.22. The third-order valence-electron chi connectivity index (χ3n) is 4.48. The molecule has 3 N–H and O–H groups in total. The van der Waals surface area contributed by atoms with E-state index in [0.717, 1.165) is 25.9 Å². The van der Waals surface area contributed by atoms with Gasteiger partial charge in [0.05, 0.1) is 11.3 Å². The van der Waals surface area contributed by atoms with Gasteiger partial charge in [-0.2, -0.15) is 0 Å². The Kier molecular flexibility index (Phi) is 6.59. The van der Waals surface area contributed by atoms with Crippen LogP contribution in [0.4, 0.5) is 5.69 Å².